The van der Waals surface area contributed by atoms with E-state index >= 15 is 0 Å². The van der Waals surface area contributed by atoms with Crippen molar-refractivity contribution in [1.29, 1.82) is 0 Å². The summed E-state index contributed by atoms with van der Waals surface area (Å²) < 4.78 is 5.57. The second-order valence-electron chi connectivity index (χ2n) is 7.46. The Kier molecular flexibility index (Phi) is 6.75. The van der Waals surface area contributed by atoms with E-state index in [0.29, 0.717) is 0 Å². The SMILES string of the molecule is O=C(C(c1ccccc1)c1ccccc1)N(CCc1cccs1)C1CCOCC1. The first kappa shape index (κ1) is 19.9. The Hall–Kier alpha value is -2.43. The van der Waals surface area contributed by atoms with Gasteiger partial charge in [0.05, 0.1) is 5.92 Å². The highest BCUT2D eigenvalue weighted by molar-refractivity contribution is 7.09. The predicted molar refractivity (Wildman–Crippen MR) is 118 cm³/mol. The summed E-state index contributed by atoms with van der Waals surface area (Å²) in [4.78, 5) is 17.4. The molecule has 1 aliphatic heterocycles. The molecular weight excluding hydrogens is 378 g/mol. The molecule has 0 spiro atoms. The average Bonchev–Trinajstić information content (AvgIpc) is 3.30. The van der Waals surface area contributed by atoms with E-state index in [1.165, 1.54) is 4.88 Å². The van der Waals surface area contributed by atoms with Crippen LogP contribution < -0.4 is 0 Å². The van der Waals surface area contributed by atoms with Crippen LogP contribution in [0.25, 0.3) is 0 Å². The molecular formula is C25H27NO2S. The molecule has 4 heteroatoms. The minimum atomic E-state index is -0.274. The van der Waals surface area contributed by atoms with Gasteiger partial charge in [-0.25, -0.2) is 0 Å². The van der Waals surface area contributed by atoms with Crippen molar-refractivity contribution in [2.24, 2.45) is 0 Å². The molecule has 1 saturated heterocycles. The molecule has 0 unspecified atom stereocenters. The average molecular weight is 406 g/mol. The van der Waals surface area contributed by atoms with Gasteiger partial charge in [-0.15, -0.1) is 11.3 Å². The maximum Gasteiger partial charge on any atom is 0.234 e. The maximum absolute atomic E-state index is 14.0. The van der Waals surface area contributed by atoms with Crippen LogP contribution in [-0.4, -0.2) is 36.6 Å². The number of carbonyl (C=O) groups excluding carboxylic acids is 1. The topological polar surface area (TPSA) is 29.5 Å². The fraction of sp³-hybridized carbons (Fsp3) is 0.320. The highest BCUT2D eigenvalue weighted by Crippen LogP contribution is 2.29. The van der Waals surface area contributed by atoms with Crippen LogP contribution in [-0.2, 0) is 16.0 Å². The third-order valence-corrected chi connectivity index (χ3v) is 6.54. The van der Waals surface area contributed by atoms with E-state index in [-0.39, 0.29) is 17.9 Å². The van der Waals surface area contributed by atoms with Crippen molar-refractivity contribution in [1.82, 2.24) is 4.90 Å². The van der Waals surface area contributed by atoms with Crippen molar-refractivity contribution in [3.63, 3.8) is 0 Å². The molecule has 150 valence electrons. The molecule has 1 fully saturated rings. The molecule has 1 aliphatic rings. The first-order valence-corrected chi connectivity index (χ1v) is 11.2. The summed E-state index contributed by atoms with van der Waals surface area (Å²) in [5.41, 5.74) is 2.11. The van der Waals surface area contributed by atoms with Gasteiger partial charge in [-0.3, -0.25) is 4.79 Å². The summed E-state index contributed by atoms with van der Waals surface area (Å²) in [6.07, 6.45) is 2.72. The summed E-state index contributed by atoms with van der Waals surface area (Å²) in [6.45, 7) is 2.21. The molecule has 0 N–H and O–H groups in total. The Balaban J connectivity index is 1.65. The Morgan fingerprint density at radius 1 is 0.931 bits per heavy atom. The van der Waals surface area contributed by atoms with Gasteiger partial charge >= 0.3 is 0 Å². The zero-order chi connectivity index (χ0) is 19.9. The summed E-state index contributed by atoms with van der Waals surface area (Å²) in [7, 11) is 0. The number of hydrogen-bond donors (Lipinski definition) is 0. The van der Waals surface area contributed by atoms with Crippen LogP contribution in [0.2, 0.25) is 0 Å². The molecule has 1 aromatic heterocycles. The second kappa shape index (κ2) is 9.86. The van der Waals surface area contributed by atoms with Crippen molar-refractivity contribution in [3.8, 4) is 0 Å². The molecule has 0 bridgehead atoms. The number of nitrogens with zero attached hydrogens (tertiary/aromatic N) is 1. The number of benzene rings is 2. The summed E-state index contributed by atoms with van der Waals surface area (Å²) >= 11 is 1.76. The zero-order valence-electron chi connectivity index (χ0n) is 16.6. The van der Waals surface area contributed by atoms with Crippen LogP contribution in [0.1, 0.15) is 34.8 Å². The van der Waals surface area contributed by atoms with E-state index in [0.717, 1.165) is 50.1 Å². The molecule has 0 aliphatic carbocycles. The van der Waals surface area contributed by atoms with Crippen LogP contribution >= 0.6 is 11.3 Å². The van der Waals surface area contributed by atoms with Gasteiger partial charge in [-0.05, 0) is 41.8 Å². The van der Waals surface area contributed by atoms with E-state index in [9.17, 15) is 4.79 Å². The fourth-order valence-electron chi connectivity index (χ4n) is 4.09. The van der Waals surface area contributed by atoms with Crippen molar-refractivity contribution < 1.29 is 9.53 Å². The number of rotatable bonds is 7. The molecule has 1 amide bonds. The minimum Gasteiger partial charge on any atom is -0.381 e. The van der Waals surface area contributed by atoms with Crippen LogP contribution in [0.5, 0.6) is 0 Å². The van der Waals surface area contributed by atoms with E-state index in [2.05, 4.69) is 46.7 Å². The van der Waals surface area contributed by atoms with Gasteiger partial charge in [-0.2, -0.15) is 0 Å². The molecule has 4 rings (SSSR count). The number of hydrogen-bond acceptors (Lipinski definition) is 3. The standard InChI is InChI=1S/C25H27NO2S/c27-25(24(20-8-3-1-4-9-20)21-10-5-2-6-11-21)26(22-14-17-28-18-15-22)16-13-23-12-7-19-29-23/h1-12,19,22,24H,13-18H2. The van der Waals surface area contributed by atoms with Crippen molar-refractivity contribution >= 4 is 17.2 Å². The number of ether oxygens (including phenoxy) is 1. The monoisotopic (exact) mass is 405 g/mol. The van der Waals surface area contributed by atoms with E-state index in [4.69, 9.17) is 4.74 Å². The zero-order valence-corrected chi connectivity index (χ0v) is 17.4. The fourth-order valence-corrected chi connectivity index (χ4v) is 4.79. The lowest BCUT2D eigenvalue weighted by atomic mass is 9.89. The molecule has 0 saturated carbocycles. The Bertz CT molecular complexity index is 834. The van der Waals surface area contributed by atoms with Crippen LogP contribution in [0.15, 0.2) is 78.2 Å². The minimum absolute atomic E-state index is 0.200. The number of thiophene rings is 1. The lowest BCUT2D eigenvalue weighted by molar-refractivity contribution is -0.136. The number of carbonyl (C=O) groups is 1. The summed E-state index contributed by atoms with van der Waals surface area (Å²) in [5.74, 6) is -0.0746. The van der Waals surface area contributed by atoms with E-state index in [1.54, 1.807) is 11.3 Å². The predicted octanol–water partition coefficient (Wildman–Crippen LogP) is 5.13. The van der Waals surface area contributed by atoms with Gasteiger partial charge in [-0.1, -0.05) is 66.7 Å². The smallest absolute Gasteiger partial charge is 0.234 e. The molecule has 2 heterocycles. The number of amides is 1. The highest BCUT2D eigenvalue weighted by Gasteiger charge is 2.32. The van der Waals surface area contributed by atoms with Gasteiger partial charge in [0.1, 0.15) is 0 Å². The van der Waals surface area contributed by atoms with Gasteiger partial charge in [0.15, 0.2) is 0 Å². The van der Waals surface area contributed by atoms with Crippen molar-refractivity contribution in [2.75, 3.05) is 19.8 Å². The second-order valence-corrected chi connectivity index (χ2v) is 8.49. The molecule has 2 aromatic carbocycles. The third-order valence-electron chi connectivity index (χ3n) is 5.61. The molecule has 3 aromatic rings. The van der Waals surface area contributed by atoms with Gasteiger partial charge < -0.3 is 9.64 Å². The molecule has 0 atom stereocenters. The van der Waals surface area contributed by atoms with Crippen LogP contribution in [0, 0.1) is 0 Å². The Morgan fingerprint density at radius 3 is 2.10 bits per heavy atom. The molecule has 3 nitrogen and oxygen atoms in total. The van der Waals surface area contributed by atoms with Crippen molar-refractivity contribution in [3.05, 3.63) is 94.2 Å². The third kappa shape index (κ3) is 4.95. The van der Waals surface area contributed by atoms with Gasteiger partial charge in [0.25, 0.3) is 0 Å². The molecule has 29 heavy (non-hydrogen) atoms. The summed E-state index contributed by atoms with van der Waals surface area (Å²) in [5, 5.41) is 2.10. The maximum atomic E-state index is 14.0. The van der Waals surface area contributed by atoms with Gasteiger partial charge in [0.2, 0.25) is 5.91 Å². The lowest BCUT2D eigenvalue weighted by Crippen LogP contribution is -2.46. The van der Waals surface area contributed by atoms with Crippen LogP contribution in [0.4, 0.5) is 0 Å². The summed E-state index contributed by atoms with van der Waals surface area (Å²) in [6, 6.07) is 24.8. The largest absolute Gasteiger partial charge is 0.381 e. The highest BCUT2D eigenvalue weighted by atomic mass is 32.1. The quantitative estimate of drug-likeness (QED) is 0.545. The van der Waals surface area contributed by atoms with E-state index in [1.807, 2.05) is 36.4 Å². The lowest BCUT2D eigenvalue weighted by Gasteiger charge is -2.37. The Labute approximate surface area is 176 Å². The normalized spacial score (nSPS) is 14.8. The van der Waals surface area contributed by atoms with Crippen LogP contribution in [0.3, 0.4) is 0 Å². The molecule has 0 radical (unpaired) electrons. The Morgan fingerprint density at radius 2 is 1.55 bits per heavy atom. The van der Waals surface area contributed by atoms with E-state index < -0.39 is 0 Å². The van der Waals surface area contributed by atoms with Gasteiger partial charge in [0, 0.05) is 30.7 Å². The first-order valence-electron chi connectivity index (χ1n) is 10.3. The first-order chi connectivity index (χ1) is 14.3. The van der Waals surface area contributed by atoms with Crippen molar-refractivity contribution in [2.45, 2.75) is 31.2 Å².